The zero-order valence-electron chi connectivity index (χ0n) is 12.0. The van der Waals surface area contributed by atoms with E-state index in [9.17, 15) is 0 Å². The first-order valence-corrected chi connectivity index (χ1v) is 7.73. The number of fused-ring (bicyclic) bond motifs is 2. The summed E-state index contributed by atoms with van der Waals surface area (Å²) in [5.41, 5.74) is 7.94. The molecule has 1 aliphatic heterocycles. The van der Waals surface area contributed by atoms with Crippen molar-refractivity contribution in [3.05, 3.63) is 24.3 Å². The van der Waals surface area contributed by atoms with Crippen LogP contribution in [0.2, 0.25) is 0 Å². The number of ether oxygens (including phenoxy) is 1. The van der Waals surface area contributed by atoms with Gasteiger partial charge in [-0.2, -0.15) is 0 Å². The summed E-state index contributed by atoms with van der Waals surface area (Å²) >= 11 is 0. The predicted molar refractivity (Wildman–Crippen MR) is 83.3 cm³/mol. The quantitative estimate of drug-likeness (QED) is 0.871. The summed E-state index contributed by atoms with van der Waals surface area (Å²) in [4.78, 5) is 11.6. The summed E-state index contributed by atoms with van der Waals surface area (Å²) in [6.07, 6.45) is 5.12. The summed E-state index contributed by atoms with van der Waals surface area (Å²) in [7, 11) is 0. The lowest BCUT2D eigenvalue weighted by molar-refractivity contribution is -0.00892. The SMILES string of the molecule is Nc1nc2ccccc2nc1N1CCOC2CCCCC21. The van der Waals surface area contributed by atoms with Crippen LogP contribution in [0.5, 0.6) is 0 Å². The average Bonchev–Trinajstić information content (AvgIpc) is 2.54. The van der Waals surface area contributed by atoms with E-state index in [-0.39, 0.29) is 0 Å². The van der Waals surface area contributed by atoms with Gasteiger partial charge in [0.2, 0.25) is 0 Å². The number of anilines is 2. The van der Waals surface area contributed by atoms with E-state index in [1.54, 1.807) is 0 Å². The third-order valence-corrected chi connectivity index (χ3v) is 4.58. The van der Waals surface area contributed by atoms with Gasteiger partial charge >= 0.3 is 0 Å². The molecule has 110 valence electrons. The standard InChI is InChI=1S/C16H20N4O/c17-15-16(19-12-6-2-1-5-11(12)18-15)20-9-10-21-14-8-4-3-7-13(14)20/h1-2,5-6,13-14H,3-4,7-10H2,(H2,17,18). The van der Waals surface area contributed by atoms with Crippen LogP contribution in [0.15, 0.2) is 24.3 Å². The van der Waals surface area contributed by atoms with E-state index in [2.05, 4.69) is 9.88 Å². The van der Waals surface area contributed by atoms with Crippen LogP contribution in [0.3, 0.4) is 0 Å². The predicted octanol–water partition coefficient (Wildman–Crippen LogP) is 2.36. The van der Waals surface area contributed by atoms with E-state index in [0.29, 0.717) is 18.0 Å². The molecule has 1 saturated carbocycles. The first kappa shape index (κ1) is 12.8. The van der Waals surface area contributed by atoms with Crippen LogP contribution < -0.4 is 10.6 Å². The zero-order valence-corrected chi connectivity index (χ0v) is 12.0. The average molecular weight is 284 g/mol. The van der Waals surface area contributed by atoms with Gasteiger partial charge in [0, 0.05) is 6.54 Å². The summed E-state index contributed by atoms with van der Waals surface area (Å²) < 4.78 is 5.93. The van der Waals surface area contributed by atoms with Gasteiger partial charge in [-0.05, 0) is 25.0 Å². The number of nitrogen functional groups attached to an aromatic ring is 1. The Bertz CT molecular complexity index is 658. The van der Waals surface area contributed by atoms with Crippen LogP contribution in [0, 0.1) is 0 Å². The molecule has 0 spiro atoms. The first-order chi connectivity index (χ1) is 10.3. The fourth-order valence-corrected chi connectivity index (χ4v) is 3.58. The van der Waals surface area contributed by atoms with Gasteiger partial charge in [0.25, 0.3) is 0 Å². The highest BCUT2D eigenvalue weighted by molar-refractivity contribution is 5.79. The lowest BCUT2D eigenvalue weighted by Crippen LogP contribution is -2.53. The molecule has 0 radical (unpaired) electrons. The minimum Gasteiger partial charge on any atom is -0.381 e. The zero-order chi connectivity index (χ0) is 14.2. The van der Waals surface area contributed by atoms with Crippen LogP contribution in [0.25, 0.3) is 11.0 Å². The molecule has 2 aromatic rings. The summed E-state index contributed by atoms with van der Waals surface area (Å²) in [6.45, 7) is 1.59. The van der Waals surface area contributed by atoms with Crippen molar-refractivity contribution in [2.45, 2.75) is 37.8 Å². The van der Waals surface area contributed by atoms with E-state index >= 15 is 0 Å². The second kappa shape index (κ2) is 5.15. The Balaban J connectivity index is 1.75. The smallest absolute Gasteiger partial charge is 0.172 e. The number of nitrogens with two attached hydrogens (primary N) is 1. The number of para-hydroxylation sites is 2. The number of morpholine rings is 1. The number of hydrogen-bond donors (Lipinski definition) is 1. The van der Waals surface area contributed by atoms with Gasteiger partial charge in [0.1, 0.15) is 0 Å². The number of aromatic nitrogens is 2. The van der Waals surface area contributed by atoms with Crippen LogP contribution in [0.4, 0.5) is 11.6 Å². The highest BCUT2D eigenvalue weighted by Crippen LogP contribution is 2.33. The number of hydrogen-bond acceptors (Lipinski definition) is 5. The molecule has 2 fully saturated rings. The lowest BCUT2D eigenvalue weighted by atomic mass is 9.90. The first-order valence-electron chi connectivity index (χ1n) is 7.73. The van der Waals surface area contributed by atoms with Gasteiger partial charge in [-0.3, -0.25) is 0 Å². The van der Waals surface area contributed by atoms with Crippen molar-refractivity contribution in [1.29, 1.82) is 0 Å². The fourth-order valence-electron chi connectivity index (χ4n) is 3.58. The van der Waals surface area contributed by atoms with Gasteiger partial charge < -0.3 is 15.4 Å². The highest BCUT2D eigenvalue weighted by atomic mass is 16.5. The maximum atomic E-state index is 6.18. The topological polar surface area (TPSA) is 64.3 Å². The van der Waals surface area contributed by atoms with Gasteiger partial charge in [-0.15, -0.1) is 0 Å². The fraction of sp³-hybridized carbons (Fsp3) is 0.500. The minimum atomic E-state index is 0.320. The molecule has 0 amide bonds. The molecule has 2 unspecified atom stereocenters. The Morgan fingerprint density at radius 1 is 1.10 bits per heavy atom. The molecule has 1 aliphatic carbocycles. The van der Waals surface area contributed by atoms with Crippen LogP contribution in [-0.2, 0) is 4.74 Å². The normalized spacial score (nSPS) is 25.8. The minimum absolute atomic E-state index is 0.320. The van der Waals surface area contributed by atoms with Gasteiger partial charge in [0.15, 0.2) is 11.6 Å². The lowest BCUT2D eigenvalue weighted by Gasteiger charge is -2.44. The molecule has 1 aromatic heterocycles. The summed E-state index contributed by atoms with van der Waals surface area (Å²) in [6, 6.07) is 8.28. The van der Waals surface area contributed by atoms with Crippen molar-refractivity contribution in [2.75, 3.05) is 23.8 Å². The molecular weight excluding hydrogens is 264 g/mol. The molecule has 2 heterocycles. The maximum Gasteiger partial charge on any atom is 0.172 e. The Hall–Kier alpha value is -1.88. The van der Waals surface area contributed by atoms with E-state index in [4.69, 9.17) is 15.5 Å². The largest absolute Gasteiger partial charge is 0.381 e. The number of nitrogens with zero attached hydrogens (tertiary/aromatic N) is 3. The Labute approximate surface area is 124 Å². The molecule has 0 bridgehead atoms. The monoisotopic (exact) mass is 284 g/mol. The molecule has 5 heteroatoms. The van der Waals surface area contributed by atoms with E-state index in [1.165, 1.54) is 12.8 Å². The molecular formula is C16H20N4O. The molecule has 2 N–H and O–H groups in total. The molecule has 4 rings (SSSR count). The summed E-state index contributed by atoms with van der Waals surface area (Å²) in [5, 5.41) is 0. The van der Waals surface area contributed by atoms with Gasteiger partial charge in [0.05, 0.1) is 29.8 Å². The van der Waals surface area contributed by atoms with Crippen molar-refractivity contribution in [3.8, 4) is 0 Å². The molecule has 2 atom stereocenters. The molecule has 5 nitrogen and oxygen atoms in total. The number of benzene rings is 1. The second-order valence-electron chi connectivity index (χ2n) is 5.88. The van der Waals surface area contributed by atoms with Crippen molar-refractivity contribution in [2.24, 2.45) is 0 Å². The Kier molecular flexibility index (Phi) is 3.15. The van der Waals surface area contributed by atoms with Crippen molar-refractivity contribution in [3.63, 3.8) is 0 Å². The van der Waals surface area contributed by atoms with Crippen LogP contribution >= 0.6 is 0 Å². The van der Waals surface area contributed by atoms with Gasteiger partial charge in [-0.25, -0.2) is 9.97 Å². The van der Waals surface area contributed by atoms with Crippen molar-refractivity contribution in [1.82, 2.24) is 9.97 Å². The Morgan fingerprint density at radius 3 is 2.71 bits per heavy atom. The molecule has 2 aliphatic rings. The third-order valence-electron chi connectivity index (χ3n) is 4.58. The molecule has 1 aromatic carbocycles. The second-order valence-corrected chi connectivity index (χ2v) is 5.88. The van der Waals surface area contributed by atoms with Crippen molar-refractivity contribution >= 4 is 22.7 Å². The van der Waals surface area contributed by atoms with Crippen molar-refractivity contribution < 1.29 is 4.74 Å². The van der Waals surface area contributed by atoms with Crippen LogP contribution in [0.1, 0.15) is 25.7 Å². The molecule has 1 saturated heterocycles. The third kappa shape index (κ3) is 2.21. The molecule has 21 heavy (non-hydrogen) atoms. The Morgan fingerprint density at radius 2 is 1.86 bits per heavy atom. The van der Waals surface area contributed by atoms with Gasteiger partial charge in [-0.1, -0.05) is 25.0 Å². The van der Waals surface area contributed by atoms with E-state index in [1.807, 2.05) is 24.3 Å². The van der Waals surface area contributed by atoms with Crippen LogP contribution in [-0.4, -0.2) is 35.3 Å². The van der Waals surface area contributed by atoms with E-state index < -0.39 is 0 Å². The summed E-state index contributed by atoms with van der Waals surface area (Å²) in [5.74, 6) is 1.36. The van der Waals surface area contributed by atoms with E-state index in [0.717, 1.165) is 42.8 Å². The highest BCUT2D eigenvalue weighted by Gasteiger charge is 2.35. The maximum absolute atomic E-state index is 6.18. The number of rotatable bonds is 1.